The molecule has 1 aliphatic carbocycles. The van der Waals surface area contributed by atoms with Gasteiger partial charge in [0.05, 0.1) is 6.61 Å². The van der Waals surface area contributed by atoms with Crippen molar-refractivity contribution in [1.82, 2.24) is 4.90 Å². The van der Waals surface area contributed by atoms with Crippen LogP contribution in [-0.4, -0.2) is 35.1 Å². The van der Waals surface area contributed by atoms with Crippen LogP contribution in [0.4, 0.5) is 0 Å². The van der Waals surface area contributed by atoms with Gasteiger partial charge in [0.2, 0.25) is 5.91 Å². The lowest BCUT2D eigenvalue weighted by Crippen LogP contribution is -2.44. The highest BCUT2D eigenvalue weighted by molar-refractivity contribution is 7.10. The van der Waals surface area contributed by atoms with E-state index in [-0.39, 0.29) is 12.5 Å². The first kappa shape index (κ1) is 12.3. The van der Waals surface area contributed by atoms with E-state index in [2.05, 4.69) is 0 Å². The Labute approximate surface area is 105 Å². The summed E-state index contributed by atoms with van der Waals surface area (Å²) in [5.41, 5.74) is 0. The van der Waals surface area contributed by atoms with Gasteiger partial charge in [-0.15, -0.1) is 11.3 Å². The van der Waals surface area contributed by atoms with E-state index in [0.29, 0.717) is 12.6 Å². The molecule has 3 nitrogen and oxygen atoms in total. The van der Waals surface area contributed by atoms with Crippen molar-refractivity contribution in [3.05, 3.63) is 28.5 Å². The second kappa shape index (κ2) is 5.98. The number of thiophene rings is 1. The number of amides is 1. The summed E-state index contributed by atoms with van der Waals surface area (Å²) in [6.45, 7) is 0.480. The molecule has 92 valence electrons. The molecule has 0 aromatic carbocycles. The molecular weight excluding hydrogens is 234 g/mol. The minimum Gasteiger partial charge on any atom is -0.395 e. The molecule has 1 aromatic rings. The minimum absolute atomic E-state index is 0.0113. The Morgan fingerprint density at radius 3 is 2.94 bits per heavy atom. The second-order valence-electron chi connectivity index (χ2n) is 4.19. The molecule has 0 unspecified atom stereocenters. The minimum atomic E-state index is 0.0113. The largest absolute Gasteiger partial charge is 0.395 e. The van der Waals surface area contributed by atoms with Crippen molar-refractivity contribution >= 4 is 23.3 Å². The SMILES string of the molecule is O=C(/C=C/c1cccs1)N(CCO)C1CCC1. The van der Waals surface area contributed by atoms with Gasteiger partial charge in [0.15, 0.2) is 0 Å². The first-order chi connectivity index (χ1) is 8.31. The smallest absolute Gasteiger partial charge is 0.246 e. The first-order valence-electron chi connectivity index (χ1n) is 5.94. The van der Waals surface area contributed by atoms with Gasteiger partial charge in [0.25, 0.3) is 0 Å². The third-order valence-corrected chi connectivity index (χ3v) is 3.91. The summed E-state index contributed by atoms with van der Waals surface area (Å²) in [4.78, 5) is 14.9. The molecule has 0 radical (unpaired) electrons. The fourth-order valence-electron chi connectivity index (χ4n) is 1.91. The fourth-order valence-corrected chi connectivity index (χ4v) is 2.53. The highest BCUT2D eigenvalue weighted by Crippen LogP contribution is 2.25. The Morgan fingerprint density at radius 1 is 1.59 bits per heavy atom. The van der Waals surface area contributed by atoms with E-state index in [1.807, 2.05) is 23.6 Å². The molecule has 1 amide bonds. The predicted octanol–water partition coefficient (Wildman–Crippen LogP) is 2.13. The van der Waals surface area contributed by atoms with Crippen LogP contribution in [0, 0.1) is 0 Å². The summed E-state index contributed by atoms with van der Waals surface area (Å²) in [6, 6.07) is 4.28. The standard InChI is InChI=1S/C13H17NO2S/c15-9-8-14(11-3-1-4-11)13(16)7-6-12-5-2-10-17-12/h2,5-7,10-11,15H,1,3-4,8-9H2/b7-6+. The van der Waals surface area contributed by atoms with Gasteiger partial charge in [0, 0.05) is 23.5 Å². The Morgan fingerprint density at radius 2 is 2.41 bits per heavy atom. The molecule has 2 rings (SSSR count). The monoisotopic (exact) mass is 251 g/mol. The molecule has 1 saturated carbocycles. The third-order valence-electron chi connectivity index (χ3n) is 3.07. The quantitative estimate of drug-likeness (QED) is 0.814. The number of rotatable bonds is 5. The van der Waals surface area contributed by atoms with Crippen molar-refractivity contribution in [3.8, 4) is 0 Å². The number of carbonyl (C=O) groups is 1. The lowest BCUT2D eigenvalue weighted by Gasteiger charge is -2.36. The average Bonchev–Trinajstić information content (AvgIpc) is 2.75. The fraction of sp³-hybridized carbons (Fsp3) is 0.462. The van der Waals surface area contributed by atoms with Crippen LogP contribution in [0.1, 0.15) is 24.1 Å². The summed E-state index contributed by atoms with van der Waals surface area (Å²) in [6.07, 6.45) is 6.78. The zero-order chi connectivity index (χ0) is 12.1. The van der Waals surface area contributed by atoms with Crippen LogP contribution in [0.25, 0.3) is 6.08 Å². The summed E-state index contributed by atoms with van der Waals surface area (Å²) < 4.78 is 0. The van der Waals surface area contributed by atoms with Crippen molar-refractivity contribution in [3.63, 3.8) is 0 Å². The molecule has 0 aliphatic heterocycles. The van der Waals surface area contributed by atoms with Gasteiger partial charge in [0.1, 0.15) is 0 Å². The van der Waals surface area contributed by atoms with Crippen LogP contribution in [-0.2, 0) is 4.79 Å². The molecule has 1 aromatic heterocycles. The summed E-state index contributed by atoms with van der Waals surface area (Å²) >= 11 is 1.61. The molecule has 0 bridgehead atoms. The van der Waals surface area contributed by atoms with E-state index >= 15 is 0 Å². The molecule has 1 fully saturated rings. The summed E-state index contributed by atoms with van der Waals surface area (Å²) in [5, 5.41) is 11.0. The van der Waals surface area contributed by atoms with E-state index in [1.54, 1.807) is 22.3 Å². The second-order valence-corrected chi connectivity index (χ2v) is 5.17. The molecule has 1 heterocycles. The van der Waals surface area contributed by atoms with Crippen LogP contribution in [0.2, 0.25) is 0 Å². The van der Waals surface area contributed by atoms with E-state index < -0.39 is 0 Å². The molecule has 4 heteroatoms. The van der Waals surface area contributed by atoms with Crippen LogP contribution in [0.15, 0.2) is 23.6 Å². The maximum Gasteiger partial charge on any atom is 0.246 e. The Bertz CT molecular complexity index is 382. The van der Waals surface area contributed by atoms with Gasteiger partial charge in [-0.05, 0) is 36.8 Å². The lowest BCUT2D eigenvalue weighted by molar-refractivity contribution is -0.130. The van der Waals surface area contributed by atoms with Crippen molar-refractivity contribution < 1.29 is 9.90 Å². The van der Waals surface area contributed by atoms with E-state index in [0.717, 1.165) is 17.7 Å². The Balaban J connectivity index is 1.96. The molecule has 1 N–H and O–H groups in total. The number of aliphatic hydroxyl groups is 1. The van der Waals surface area contributed by atoms with Gasteiger partial charge >= 0.3 is 0 Å². The van der Waals surface area contributed by atoms with Crippen molar-refractivity contribution in [2.75, 3.05) is 13.2 Å². The van der Waals surface area contributed by atoms with Gasteiger partial charge < -0.3 is 10.0 Å². The molecule has 0 saturated heterocycles. The molecular formula is C13H17NO2S. The predicted molar refractivity (Wildman–Crippen MR) is 69.8 cm³/mol. The molecule has 0 atom stereocenters. The van der Waals surface area contributed by atoms with Crippen molar-refractivity contribution in [2.45, 2.75) is 25.3 Å². The van der Waals surface area contributed by atoms with Crippen molar-refractivity contribution in [2.24, 2.45) is 0 Å². The number of carbonyl (C=O) groups excluding carboxylic acids is 1. The third kappa shape index (κ3) is 3.17. The number of nitrogens with zero attached hydrogens (tertiary/aromatic N) is 1. The maximum atomic E-state index is 12.0. The van der Waals surface area contributed by atoms with Gasteiger partial charge in [-0.25, -0.2) is 0 Å². The zero-order valence-electron chi connectivity index (χ0n) is 9.71. The number of aliphatic hydroxyl groups excluding tert-OH is 1. The van der Waals surface area contributed by atoms with Gasteiger partial charge in [-0.1, -0.05) is 6.07 Å². The average molecular weight is 251 g/mol. The Hall–Kier alpha value is -1.13. The summed E-state index contributed by atoms with van der Waals surface area (Å²) in [7, 11) is 0. The first-order valence-corrected chi connectivity index (χ1v) is 6.82. The Kier molecular flexibility index (Phi) is 4.34. The van der Waals surface area contributed by atoms with Crippen LogP contribution in [0.3, 0.4) is 0 Å². The normalized spacial score (nSPS) is 16.1. The number of hydrogen-bond donors (Lipinski definition) is 1. The molecule has 1 aliphatic rings. The summed E-state index contributed by atoms with van der Waals surface area (Å²) in [5.74, 6) is 0.0113. The zero-order valence-corrected chi connectivity index (χ0v) is 10.5. The van der Waals surface area contributed by atoms with E-state index in [1.165, 1.54) is 6.42 Å². The molecule has 0 spiro atoms. The molecule has 17 heavy (non-hydrogen) atoms. The highest BCUT2D eigenvalue weighted by atomic mass is 32.1. The van der Waals surface area contributed by atoms with E-state index in [9.17, 15) is 4.79 Å². The van der Waals surface area contributed by atoms with E-state index in [4.69, 9.17) is 5.11 Å². The highest BCUT2D eigenvalue weighted by Gasteiger charge is 2.26. The van der Waals surface area contributed by atoms with Gasteiger partial charge in [-0.3, -0.25) is 4.79 Å². The van der Waals surface area contributed by atoms with Crippen molar-refractivity contribution in [1.29, 1.82) is 0 Å². The maximum absolute atomic E-state index is 12.0. The van der Waals surface area contributed by atoms with Crippen LogP contribution in [0.5, 0.6) is 0 Å². The lowest BCUT2D eigenvalue weighted by atomic mass is 9.91. The topological polar surface area (TPSA) is 40.5 Å². The van der Waals surface area contributed by atoms with Crippen LogP contribution < -0.4 is 0 Å². The van der Waals surface area contributed by atoms with Gasteiger partial charge in [-0.2, -0.15) is 0 Å². The van der Waals surface area contributed by atoms with Crippen LogP contribution >= 0.6 is 11.3 Å². The number of hydrogen-bond acceptors (Lipinski definition) is 3.